The van der Waals surface area contributed by atoms with Crippen LogP contribution in [0, 0.1) is 0 Å². The molecule has 0 saturated carbocycles. The first-order valence-electron chi connectivity index (χ1n) is 9.16. The van der Waals surface area contributed by atoms with Crippen LogP contribution in [0.4, 0.5) is 0 Å². The van der Waals surface area contributed by atoms with E-state index < -0.39 is 0 Å². The van der Waals surface area contributed by atoms with Crippen molar-refractivity contribution in [3.63, 3.8) is 0 Å². The van der Waals surface area contributed by atoms with Crippen molar-refractivity contribution in [2.45, 2.75) is 6.04 Å². The minimum Gasteiger partial charge on any atom is -0.372 e. The van der Waals surface area contributed by atoms with E-state index >= 15 is 0 Å². The van der Waals surface area contributed by atoms with Gasteiger partial charge in [0.05, 0.1) is 30.7 Å². The first-order chi connectivity index (χ1) is 14.1. The molecule has 0 bridgehead atoms. The van der Waals surface area contributed by atoms with Gasteiger partial charge in [-0.1, -0.05) is 67.9 Å². The molecule has 3 aliphatic rings. The van der Waals surface area contributed by atoms with Crippen molar-refractivity contribution in [2.24, 2.45) is 4.99 Å². The molecule has 3 heterocycles. The maximum atomic E-state index is 12.7. The lowest BCUT2D eigenvalue weighted by Gasteiger charge is -2.37. The maximum absolute atomic E-state index is 12.7. The summed E-state index contributed by atoms with van der Waals surface area (Å²) >= 11 is 8.49. The molecule has 3 aliphatic heterocycles. The average molecular weight is 532 g/mol. The number of amidine groups is 1. The van der Waals surface area contributed by atoms with Crippen LogP contribution < -0.4 is 0 Å². The second kappa shape index (κ2) is 7.87. The van der Waals surface area contributed by atoms with E-state index in [4.69, 9.17) is 9.73 Å². The molecule has 1 saturated heterocycles. The minimum atomic E-state index is -0.179. The number of aliphatic imine (C=N–C) groups is 1. The number of fused-ring (bicyclic) bond motifs is 1. The van der Waals surface area contributed by atoms with Gasteiger partial charge in [-0.3, -0.25) is 9.69 Å². The Hall–Kier alpha value is -1.67. The fourth-order valence-corrected chi connectivity index (χ4v) is 5.22. The molecule has 0 radical (unpaired) electrons. The lowest BCUT2D eigenvalue weighted by molar-refractivity contribution is -0.125. The van der Waals surface area contributed by atoms with E-state index in [1.807, 2.05) is 29.2 Å². The second-order valence-electron chi connectivity index (χ2n) is 6.99. The SMILES string of the molecule is O=C1CSC2=NC3=C(COC/C3=C/c3ccc(Br)cc3)C(c3ccc(Br)cc3)N12. The molecule has 29 heavy (non-hydrogen) atoms. The molecule has 2 aromatic carbocycles. The summed E-state index contributed by atoms with van der Waals surface area (Å²) in [4.78, 5) is 19.4. The molecule has 5 rings (SSSR count). The van der Waals surface area contributed by atoms with E-state index in [9.17, 15) is 4.79 Å². The molecule has 0 N–H and O–H groups in total. The monoisotopic (exact) mass is 530 g/mol. The smallest absolute Gasteiger partial charge is 0.239 e. The molecule has 1 amide bonds. The van der Waals surface area contributed by atoms with Crippen LogP contribution in [0.3, 0.4) is 0 Å². The van der Waals surface area contributed by atoms with Crippen molar-refractivity contribution in [2.75, 3.05) is 19.0 Å². The summed E-state index contributed by atoms with van der Waals surface area (Å²) in [5.41, 5.74) is 5.21. The predicted octanol–water partition coefficient (Wildman–Crippen LogP) is 5.57. The quantitative estimate of drug-likeness (QED) is 0.509. The molecule has 7 heteroatoms. The van der Waals surface area contributed by atoms with Crippen molar-refractivity contribution >= 4 is 60.8 Å². The van der Waals surface area contributed by atoms with Crippen LogP contribution in [0.25, 0.3) is 6.08 Å². The van der Waals surface area contributed by atoms with Gasteiger partial charge in [0, 0.05) is 20.1 Å². The van der Waals surface area contributed by atoms with Crippen molar-refractivity contribution in [3.8, 4) is 0 Å². The number of hydrogen-bond acceptors (Lipinski definition) is 4. The topological polar surface area (TPSA) is 41.9 Å². The maximum Gasteiger partial charge on any atom is 0.239 e. The van der Waals surface area contributed by atoms with Crippen LogP contribution in [-0.2, 0) is 9.53 Å². The van der Waals surface area contributed by atoms with E-state index in [2.05, 4.69) is 62.2 Å². The summed E-state index contributed by atoms with van der Waals surface area (Å²) in [6, 6.07) is 16.1. The summed E-state index contributed by atoms with van der Waals surface area (Å²) in [6.45, 7) is 0.982. The molecule has 0 aromatic heterocycles. The number of carbonyl (C=O) groups excluding carboxylic acids is 1. The number of hydrogen-bond donors (Lipinski definition) is 0. The summed E-state index contributed by atoms with van der Waals surface area (Å²) in [5, 5.41) is 0.783. The van der Waals surface area contributed by atoms with Gasteiger partial charge in [0.15, 0.2) is 5.17 Å². The van der Waals surface area contributed by atoms with Crippen LogP contribution in [-0.4, -0.2) is 34.9 Å². The Kier molecular flexibility index (Phi) is 5.24. The zero-order chi connectivity index (χ0) is 20.0. The molecule has 1 fully saturated rings. The largest absolute Gasteiger partial charge is 0.372 e. The molecule has 2 aromatic rings. The number of carbonyl (C=O) groups is 1. The van der Waals surface area contributed by atoms with Crippen LogP contribution in [0.15, 0.2) is 79.3 Å². The zero-order valence-electron chi connectivity index (χ0n) is 15.3. The van der Waals surface area contributed by atoms with E-state index in [0.29, 0.717) is 19.0 Å². The van der Waals surface area contributed by atoms with E-state index in [0.717, 1.165) is 42.1 Å². The lowest BCUT2D eigenvalue weighted by Crippen LogP contribution is -2.40. The van der Waals surface area contributed by atoms with Gasteiger partial charge in [0.2, 0.25) is 5.91 Å². The third-order valence-electron chi connectivity index (χ3n) is 5.12. The Labute approximate surface area is 190 Å². The van der Waals surface area contributed by atoms with Crippen molar-refractivity contribution in [3.05, 3.63) is 85.4 Å². The highest BCUT2D eigenvalue weighted by Gasteiger charge is 2.42. The third kappa shape index (κ3) is 3.65. The lowest BCUT2D eigenvalue weighted by atomic mass is 9.91. The van der Waals surface area contributed by atoms with Gasteiger partial charge in [-0.25, -0.2) is 4.99 Å². The Bertz CT molecular complexity index is 1070. The Morgan fingerprint density at radius 1 is 1.03 bits per heavy atom. The fraction of sp³-hybridized carbons (Fsp3) is 0.182. The number of halogens is 2. The number of benzene rings is 2. The summed E-state index contributed by atoms with van der Waals surface area (Å²) in [5.74, 6) is 0.524. The van der Waals surface area contributed by atoms with Crippen LogP contribution in [0.2, 0.25) is 0 Å². The molecule has 4 nitrogen and oxygen atoms in total. The Morgan fingerprint density at radius 3 is 2.45 bits per heavy atom. The van der Waals surface area contributed by atoms with Crippen molar-refractivity contribution in [1.29, 1.82) is 0 Å². The fourth-order valence-electron chi connectivity index (χ4n) is 3.80. The normalized spacial score (nSPS) is 22.6. The summed E-state index contributed by atoms with van der Waals surface area (Å²) < 4.78 is 8.01. The van der Waals surface area contributed by atoms with Crippen LogP contribution in [0.1, 0.15) is 17.2 Å². The van der Waals surface area contributed by atoms with Gasteiger partial charge >= 0.3 is 0 Å². The van der Waals surface area contributed by atoms with E-state index in [-0.39, 0.29) is 11.9 Å². The van der Waals surface area contributed by atoms with Gasteiger partial charge < -0.3 is 4.74 Å². The summed E-state index contributed by atoms with van der Waals surface area (Å²) in [6.07, 6.45) is 2.13. The molecule has 0 spiro atoms. The average Bonchev–Trinajstić information content (AvgIpc) is 3.10. The number of thioether (sulfide) groups is 1. The standard InChI is InChI=1S/C22H16Br2N2O2S/c23-16-5-1-13(2-6-16)9-15-10-28-11-18-20(15)25-22-26(19(27)12-29-22)21(18)14-3-7-17(24)8-4-14/h1-9,21H,10-12H2/b15-9-. The Balaban J connectivity index is 1.64. The van der Waals surface area contributed by atoms with Gasteiger partial charge in [-0.15, -0.1) is 0 Å². The molecule has 1 atom stereocenters. The van der Waals surface area contributed by atoms with E-state index in [1.165, 1.54) is 11.8 Å². The minimum absolute atomic E-state index is 0.0947. The highest BCUT2D eigenvalue weighted by atomic mass is 79.9. The molecule has 146 valence electrons. The number of nitrogens with zero attached hydrogens (tertiary/aromatic N) is 2. The highest BCUT2D eigenvalue weighted by molar-refractivity contribution is 9.10. The number of amides is 1. The first kappa shape index (κ1) is 19.3. The van der Waals surface area contributed by atoms with Gasteiger partial charge in [-0.2, -0.15) is 0 Å². The van der Waals surface area contributed by atoms with Gasteiger partial charge in [0.1, 0.15) is 0 Å². The van der Waals surface area contributed by atoms with Crippen LogP contribution >= 0.6 is 43.6 Å². The Morgan fingerprint density at radius 2 is 1.72 bits per heavy atom. The number of rotatable bonds is 2. The van der Waals surface area contributed by atoms with Gasteiger partial charge in [0.25, 0.3) is 0 Å². The molecular formula is C22H16Br2N2O2S. The van der Waals surface area contributed by atoms with Gasteiger partial charge in [-0.05, 0) is 41.5 Å². The first-order valence-corrected chi connectivity index (χ1v) is 11.7. The third-order valence-corrected chi connectivity index (χ3v) is 7.11. The highest BCUT2D eigenvalue weighted by Crippen LogP contribution is 2.44. The van der Waals surface area contributed by atoms with Crippen molar-refractivity contribution in [1.82, 2.24) is 4.90 Å². The molecular weight excluding hydrogens is 516 g/mol. The van der Waals surface area contributed by atoms with Crippen LogP contribution in [0.5, 0.6) is 0 Å². The number of ether oxygens (including phenoxy) is 1. The molecule has 1 unspecified atom stereocenters. The van der Waals surface area contributed by atoms with E-state index in [1.54, 1.807) is 0 Å². The van der Waals surface area contributed by atoms with Crippen molar-refractivity contribution < 1.29 is 9.53 Å². The zero-order valence-corrected chi connectivity index (χ0v) is 19.3. The second-order valence-corrected chi connectivity index (χ2v) is 9.76. The summed E-state index contributed by atoms with van der Waals surface area (Å²) in [7, 11) is 0. The molecule has 0 aliphatic carbocycles. The predicted molar refractivity (Wildman–Crippen MR) is 124 cm³/mol.